The zero-order chi connectivity index (χ0) is 17.5. The first-order valence-corrected chi connectivity index (χ1v) is 9.59. The number of tetrazole rings is 1. The molecule has 134 valence electrons. The van der Waals surface area contributed by atoms with E-state index in [0.717, 1.165) is 31.4 Å². The van der Waals surface area contributed by atoms with Gasteiger partial charge in [0.2, 0.25) is 11.1 Å². The number of carbonyl (C=O) groups is 1. The van der Waals surface area contributed by atoms with Crippen molar-refractivity contribution in [2.75, 3.05) is 18.9 Å². The molecule has 0 bridgehead atoms. The van der Waals surface area contributed by atoms with Gasteiger partial charge in [0.15, 0.2) is 0 Å². The molecule has 9 heteroatoms. The van der Waals surface area contributed by atoms with E-state index in [-0.39, 0.29) is 17.8 Å². The quantitative estimate of drug-likeness (QED) is 0.704. The molecule has 0 saturated carbocycles. The zero-order valence-corrected chi connectivity index (χ0v) is 15.3. The predicted molar refractivity (Wildman–Crippen MR) is 95.7 cm³/mol. The number of amides is 1. The standard InChI is InChI=1S/C16H20ClN5O2S/c17-13-5-3-12(4-6-13)7-8-18-15(23)11-25-16-19-20-21-22(16)10-14-2-1-9-24-14/h3-6,14H,1-2,7-11H2,(H,18,23). The molecule has 0 aliphatic carbocycles. The number of benzene rings is 1. The molecule has 7 nitrogen and oxygen atoms in total. The fourth-order valence-corrected chi connectivity index (χ4v) is 3.42. The van der Waals surface area contributed by atoms with Gasteiger partial charge in [0.25, 0.3) is 0 Å². The van der Waals surface area contributed by atoms with Gasteiger partial charge in [-0.1, -0.05) is 35.5 Å². The molecule has 1 N–H and O–H groups in total. The summed E-state index contributed by atoms with van der Waals surface area (Å²) in [5.74, 6) is 0.248. The van der Waals surface area contributed by atoms with Crippen molar-refractivity contribution in [1.29, 1.82) is 0 Å². The third-order valence-corrected chi connectivity index (χ3v) is 5.09. The Morgan fingerprint density at radius 3 is 3.00 bits per heavy atom. The van der Waals surface area contributed by atoms with Crippen molar-refractivity contribution in [2.45, 2.75) is 37.1 Å². The number of nitrogens with zero attached hydrogens (tertiary/aromatic N) is 4. The molecule has 2 aromatic rings. The smallest absolute Gasteiger partial charge is 0.230 e. The monoisotopic (exact) mass is 381 g/mol. The van der Waals surface area contributed by atoms with Gasteiger partial charge in [-0.3, -0.25) is 4.79 Å². The van der Waals surface area contributed by atoms with Crippen LogP contribution in [0.5, 0.6) is 0 Å². The van der Waals surface area contributed by atoms with E-state index in [4.69, 9.17) is 16.3 Å². The fourth-order valence-electron chi connectivity index (χ4n) is 2.57. The highest BCUT2D eigenvalue weighted by molar-refractivity contribution is 7.99. The van der Waals surface area contributed by atoms with Crippen LogP contribution in [-0.2, 0) is 22.5 Å². The second-order valence-corrected chi connectivity index (χ2v) is 7.17. The minimum absolute atomic E-state index is 0.0365. The molecule has 1 atom stereocenters. The second-order valence-electron chi connectivity index (χ2n) is 5.79. The van der Waals surface area contributed by atoms with E-state index in [1.165, 1.54) is 11.8 Å². The second kappa shape index (κ2) is 9.17. The molecule has 1 aliphatic heterocycles. The Hall–Kier alpha value is -1.64. The third-order valence-electron chi connectivity index (χ3n) is 3.88. The summed E-state index contributed by atoms with van der Waals surface area (Å²) in [4.78, 5) is 12.0. The van der Waals surface area contributed by atoms with E-state index < -0.39 is 0 Å². The summed E-state index contributed by atoms with van der Waals surface area (Å²) in [6.45, 7) is 2.01. The molecule has 1 unspecified atom stereocenters. The maximum absolute atomic E-state index is 12.0. The zero-order valence-electron chi connectivity index (χ0n) is 13.7. The number of hydrogen-bond acceptors (Lipinski definition) is 6. The van der Waals surface area contributed by atoms with Gasteiger partial charge in [0, 0.05) is 18.2 Å². The van der Waals surface area contributed by atoms with Crippen LogP contribution in [0.25, 0.3) is 0 Å². The summed E-state index contributed by atoms with van der Waals surface area (Å²) >= 11 is 7.19. The third kappa shape index (κ3) is 5.69. The fraction of sp³-hybridized carbons (Fsp3) is 0.500. The van der Waals surface area contributed by atoms with Crippen molar-refractivity contribution in [3.05, 3.63) is 34.9 Å². The van der Waals surface area contributed by atoms with Gasteiger partial charge < -0.3 is 10.1 Å². The molecule has 3 rings (SSSR count). The molecule has 1 amide bonds. The number of nitrogens with one attached hydrogen (secondary N) is 1. The van der Waals surface area contributed by atoms with Crippen LogP contribution < -0.4 is 5.32 Å². The normalized spacial score (nSPS) is 16.9. The van der Waals surface area contributed by atoms with Crippen LogP contribution in [0, 0.1) is 0 Å². The lowest BCUT2D eigenvalue weighted by Gasteiger charge is -2.10. The van der Waals surface area contributed by atoms with Crippen molar-refractivity contribution in [3.8, 4) is 0 Å². The molecule has 25 heavy (non-hydrogen) atoms. The first kappa shape index (κ1) is 18.2. The van der Waals surface area contributed by atoms with Gasteiger partial charge in [0.05, 0.1) is 18.4 Å². The minimum Gasteiger partial charge on any atom is -0.376 e. The Morgan fingerprint density at radius 1 is 1.40 bits per heavy atom. The Balaban J connectivity index is 1.38. The molecular weight excluding hydrogens is 362 g/mol. The molecule has 2 heterocycles. The number of rotatable bonds is 8. The van der Waals surface area contributed by atoms with Crippen LogP contribution >= 0.6 is 23.4 Å². The Morgan fingerprint density at radius 2 is 2.24 bits per heavy atom. The lowest BCUT2D eigenvalue weighted by Crippen LogP contribution is -2.27. The molecule has 0 spiro atoms. The van der Waals surface area contributed by atoms with Crippen LogP contribution in [0.2, 0.25) is 5.02 Å². The average molecular weight is 382 g/mol. The highest BCUT2D eigenvalue weighted by Gasteiger charge is 2.19. The van der Waals surface area contributed by atoms with Gasteiger partial charge in [-0.25, -0.2) is 4.68 Å². The van der Waals surface area contributed by atoms with Crippen molar-refractivity contribution >= 4 is 29.3 Å². The molecule has 1 fully saturated rings. The maximum Gasteiger partial charge on any atom is 0.230 e. The number of hydrogen-bond donors (Lipinski definition) is 1. The summed E-state index contributed by atoms with van der Waals surface area (Å²) in [7, 11) is 0. The Labute approximate surface area is 155 Å². The molecule has 1 aliphatic rings. The van der Waals surface area contributed by atoms with Crippen LogP contribution in [0.15, 0.2) is 29.4 Å². The van der Waals surface area contributed by atoms with Crippen LogP contribution in [0.4, 0.5) is 0 Å². The Bertz CT molecular complexity index is 688. The Kier molecular flexibility index (Phi) is 6.66. The van der Waals surface area contributed by atoms with E-state index >= 15 is 0 Å². The number of carbonyl (C=O) groups excluding carboxylic acids is 1. The number of thioether (sulfide) groups is 1. The highest BCUT2D eigenvalue weighted by atomic mass is 35.5. The summed E-state index contributed by atoms with van der Waals surface area (Å²) in [5, 5.41) is 15.9. The molecule has 1 saturated heterocycles. The lowest BCUT2D eigenvalue weighted by atomic mass is 10.1. The predicted octanol–water partition coefficient (Wildman–Crippen LogP) is 1.96. The van der Waals surface area contributed by atoms with Crippen molar-refractivity contribution in [2.24, 2.45) is 0 Å². The number of halogens is 1. The largest absolute Gasteiger partial charge is 0.376 e. The van der Waals surface area contributed by atoms with Crippen LogP contribution in [-0.4, -0.2) is 51.1 Å². The van der Waals surface area contributed by atoms with Crippen molar-refractivity contribution in [3.63, 3.8) is 0 Å². The summed E-state index contributed by atoms with van der Waals surface area (Å²) in [6, 6.07) is 7.62. The molecular formula is C16H20ClN5O2S. The number of ether oxygens (including phenoxy) is 1. The molecule has 1 aromatic carbocycles. The lowest BCUT2D eigenvalue weighted by molar-refractivity contribution is -0.118. The SMILES string of the molecule is O=C(CSc1nnnn1CC1CCCO1)NCCc1ccc(Cl)cc1. The van der Waals surface area contributed by atoms with E-state index in [2.05, 4.69) is 20.8 Å². The van der Waals surface area contributed by atoms with E-state index in [1.807, 2.05) is 24.3 Å². The van der Waals surface area contributed by atoms with E-state index in [1.54, 1.807) is 4.68 Å². The number of aromatic nitrogens is 4. The molecule has 0 radical (unpaired) electrons. The van der Waals surface area contributed by atoms with Crippen molar-refractivity contribution in [1.82, 2.24) is 25.5 Å². The summed E-state index contributed by atoms with van der Waals surface area (Å²) < 4.78 is 7.31. The van der Waals surface area contributed by atoms with Gasteiger partial charge in [-0.2, -0.15) is 0 Å². The maximum atomic E-state index is 12.0. The van der Waals surface area contributed by atoms with Gasteiger partial charge >= 0.3 is 0 Å². The summed E-state index contributed by atoms with van der Waals surface area (Å²) in [5.41, 5.74) is 1.14. The summed E-state index contributed by atoms with van der Waals surface area (Å²) in [6.07, 6.45) is 3.03. The van der Waals surface area contributed by atoms with E-state index in [0.29, 0.717) is 23.3 Å². The first-order valence-electron chi connectivity index (χ1n) is 8.22. The first-order chi connectivity index (χ1) is 12.2. The van der Waals surface area contributed by atoms with Gasteiger partial charge in [-0.05, 0) is 47.4 Å². The van der Waals surface area contributed by atoms with Crippen LogP contribution in [0.1, 0.15) is 18.4 Å². The topological polar surface area (TPSA) is 81.9 Å². The average Bonchev–Trinajstić information content (AvgIpc) is 3.27. The molecule has 1 aromatic heterocycles. The van der Waals surface area contributed by atoms with Crippen LogP contribution in [0.3, 0.4) is 0 Å². The van der Waals surface area contributed by atoms with E-state index in [9.17, 15) is 4.79 Å². The minimum atomic E-state index is -0.0365. The van der Waals surface area contributed by atoms with Crippen molar-refractivity contribution < 1.29 is 9.53 Å². The highest BCUT2D eigenvalue weighted by Crippen LogP contribution is 2.18. The van der Waals surface area contributed by atoms with Gasteiger partial charge in [-0.15, -0.1) is 5.10 Å². The van der Waals surface area contributed by atoms with Gasteiger partial charge in [0.1, 0.15) is 0 Å².